The lowest BCUT2D eigenvalue weighted by molar-refractivity contribution is -0.114. The van der Waals surface area contributed by atoms with Gasteiger partial charge in [-0.2, -0.15) is 0 Å². The van der Waals surface area contributed by atoms with Gasteiger partial charge in [0.2, 0.25) is 0 Å². The van der Waals surface area contributed by atoms with E-state index in [2.05, 4.69) is 23.5 Å². The third kappa shape index (κ3) is 4.34. The van der Waals surface area contributed by atoms with Crippen LogP contribution < -0.4 is 16.5 Å². The first-order valence-electron chi connectivity index (χ1n) is 10.5. The molecule has 0 aliphatic carbocycles. The predicted molar refractivity (Wildman–Crippen MR) is 126 cm³/mol. The summed E-state index contributed by atoms with van der Waals surface area (Å²) in [5, 5.41) is 19.8. The molecule has 0 radical (unpaired) electrons. The van der Waals surface area contributed by atoms with Gasteiger partial charge < -0.3 is 15.0 Å². The lowest BCUT2D eigenvalue weighted by Crippen LogP contribution is -2.46. The van der Waals surface area contributed by atoms with Crippen molar-refractivity contribution in [1.29, 1.82) is 0 Å². The first kappa shape index (κ1) is 21.2. The van der Waals surface area contributed by atoms with Crippen LogP contribution in [0, 0.1) is 13.8 Å². The van der Waals surface area contributed by atoms with Gasteiger partial charge in [-0.05, 0) is 55.3 Å². The Bertz CT molecular complexity index is 1320. The van der Waals surface area contributed by atoms with Crippen LogP contribution in [0.2, 0.25) is 0 Å². The Kier molecular flexibility index (Phi) is 5.69. The monoisotopic (exact) mass is 427 g/mol. The smallest absolute Gasteiger partial charge is 0.270 e. The zero-order valence-corrected chi connectivity index (χ0v) is 18.2. The highest BCUT2D eigenvalue weighted by Crippen LogP contribution is 2.29. The molecule has 4 aromatic rings. The third-order valence-corrected chi connectivity index (χ3v) is 5.49. The summed E-state index contributed by atoms with van der Waals surface area (Å²) < 4.78 is 1.90. The van der Waals surface area contributed by atoms with E-state index in [4.69, 9.17) is 11.1 Å². The minimum atomic E-state index is -0.208. The molecule has 162 valence electrons. The third-order valence-electron chi connectivity index (χ3n) is 5.49. The van der Waals surface area contributed by atoms with Crippen LogP contribution in [0.25, 0.3) is 10.9 Å². The van der Waals surface area contributed by atoms with E-state index in [1.165, 1.54) is 0 Å². The zero-order chi connectivity index (χ0) is 22.8. The minimum Gasteiger partial charge on any atom is -0.507 e. The van der Waals surface area contributed by atoms with Crippen molar-refractivity contribution >= 4 is 22.6 Å². The van der Waals surface area contributed by atoms with Crippen LogP contribution in [0.1, 0.15) is 38.3 Å². The Morgan fingerprint density at radius 1 is 1.00 bits per heavy atom. The molecule has 1 amide bonds. The number of aryl methyl sites for hydroxylation is 2. The second kappa shape index (κ2) is 8.59. The average molecular weight is 428 g/mol. The molecule has 6 N–H and O–H groups in total. The molecule has 0 unspecified atom stereocenters. The van der Waals surface area contributed by atoms with Crippen LogP contribution in [-0.4, -0.2) is 21.4 Å². The molecule has 0 saturated carbocycles. The van der Waals surface area contributed by atoms with E-state index in [0.717, 1.165) is 33.3 Å². The molecule has 0 aliphatic heterocycles. The maximum absolute atomic E-state index is 13.2. The van der Waals surface area contributed by atoms with E-state index in [0.29, 0.717) is 24.2 Å². The lowest BCUT2D eigenvalue weighted by atomic mass is 10.1. The van der Waals surface area contributed by atoms with Gasteiger partial charge in [0.05, 0.1) is 11.1 Å². The number of amides is 1. The number of hydrogen-bond donors (Lipinski definition) is 4. The summed E-state index contributed by atoms with van der Waals surface area (Å²) in [6, 6.07) is 20.8. The van der Waals surface area contributed by atoms with Crippen molar-refractivity contribution < 1.29 is 15.3 Å². The molecule has 0 spiro atoms. The summed E-state index contributed by atoms with van der Waals surface area (Å²) in [5.74, 6) is 0.173. The molecular formula is C26H27N4O2+. The first-order valence-corrected chi connectivity index (χ1v) is 10.5. The van der Waals surface area contributed by atoms with Gasteiger partial charge >= 0.3 is 0 Å². The summed E-state index contributed by atoms with van der Waals surface area (Å²) in [7, 11) is 0. The van der Waals surface area contributed by atoms with Gasteiger partial charge in [0, 0.05) is 18.5 Å². The fourth-order valence-electron chi connectivity index (χ4n) is 4.10. The number of amidine groups is 1. The van der Waals surface area contributed by atoms with Crippen LogP contribution in [0.5, 0.6) is 5.75 Å². The Hall–Kier alpha value is -4.06. The molecule has 1 aromatic heterocycles. The average Bonchev–Trinajstić information content (AvgIpc) is 3.11. The fourth-order valence-corrected chi connectivity index (χ4v) is 4.10. The SMILES string of the molecule is Cc1cc(C)cc(CNC(=O)c2cc3c(O)cccc3n2Cc2cccc(C(N)=[NH2+])c2)c1. The van der Waals surface area contributed by atoms with Crippen molar-refractivity contribution in [2.45, 2.75) is 26.9 Å². The van der Waals surface area contributed by atoms with Crippen molar-refractivity contribution in [3.05, 3.63) is 100 Å². The highest BCUT2D eigenvalue weighted by Gasteiger charge is 2.18. The minimum absolute atomic E-state index is 0.137. The molecular weight excluding hydrogens is 400 g/mol. The van der Waals surface area contributed by atoms with Crippen LogP contribution >= 0.6 is 0 Å². The molecule has 3 aromatic carbocycles. The van der Waals surface area contributed by atoms with E-state index in [9.17, 15) is 9.90 Å². The summed E-state index contributed by atoms with van der Waals surface area (Å²) in [5.41, 5.74) is 12.0. The van der Waals surface area contributed by atoms with Gasteiger partial charge in [0.1, 0.15) is 11.4 Å². The normalized spacial score (nSPS) is 10.9. The number of aromatic nitrogens is 1. The Labute approximate surface area is 186 Å². The number of aromatic hydroxyl groups is 1. The second-order valence-electron chi connectivity index (χ2n) is 8.16. The van der Waals surface area contributed by atoms with Crippen molar-refractivity contribution in [3.63, 3.8) is 0 Å². The Morgan fingerprint density at radius 3 is 2.44 bits per heavy atom. The quantitative estimate of drug-likeness (QED) is 0.280. The standard InChI is InChI=1S/C26H26N4O2/c1-16-9-17(2)11-19(10-16)14-29-26(32)23-13-21-22(7-4-8-24(21)31)30(23)15-18-5-3-6-20(12-18)25(27)28/h3-13,31H,14-15H2,1-2H3,(H3,27,28)(H,29,32)/p+1. The molecule has 6 nitrogen and oxygen atoms in total. The molecule has 0 saturated heterocycles. The van der Waals surface area contributed by atoms with Gasteiger partial charge in [-0.15, -0.1) is 0 Å². The van der Waals surface area contributed by atoms with E-state index >= 15 is 0 Å². The topological polar surface area (TPSA) is 106 Å². The van der Waals surface area contributed by atoms with E-state index in [1.54, 1.807) is 18.2 Å². The molecule has 0 aliphatic rings. The summed E-state index contributed by atoms with van der Waals surface area (Å²) in [6.45, 7) is 4.93. The van der Waals surface area contributed by atoms with E-state index in [1.807, 2.05) is 48.7 Å². The molecule has 32 heavy (non-hydrogen) atoms. The Balaban J connectivity index is 1.69. The number of nitrogens with two attached hydrogens (primary N) is 2. The number of carbonyl (C=O) groups excluding carboxylic acids is 1. The molecule has 4 rings (SSSR count). The van der Waals surface area contributed by atoms with Crippen LogP contribution in [0.15, 0.2) is 66.7 Å². The number of nitrogens with one attached hydrogen (secondary N) is 1. The fraction of sp³-hybridized carbons (Fsp3) is 0.154. The van der Waals surface area contributed by atoms with Gasteiger partial charge in [0.25, 0.3) is 11.7 Å². The zero-order valence-electron chi connectivity index (χ0n) is 18.2. The molecule has 0 atom stereocenters. The maximum Gasteiger partial charge on any atom is 0.270 e. The first-order chi connectivity index (χ1) is 15.3. The summed E-state index contributed by atoms with van der Waals surface area (Å²) in [4.78, 5) is 13.2. The molecule has 0 bridgehead atoms. The van der Waals surface area contributed by atoms with Gasteiger partial charge in [-0.25, -0.2) is 0 Å². The second-order valence-corrected chi connectivity index (χ2v) is 8.16. The molecule has 6 heteroatoms. The number of hydrogen-bond acceptors (Lipinski definition) is 2. The number of carbonyl (C=O) groups is 1. The van der Waals surface area contributed by atoms with Crippen molar-refractivity contribution in [3.8, 4) is 5.75 Å². The van der Waals surface area contributed by atoms with Crippen molar-refractivity contribution in [2.75, 3.05) is 0 Å². The number of fused-ring (bicyclic) bond motifs is 1. The van der Waals surface area contributed by atoms with Gasteiger partial charge in [-0.3, -0.25) is 15.9 Å². The molecule has 0 fully saturated rings. The largest absolute Gasteiger partial charge is 0.507 e. The number of benzene rings is 3. The maximum atomic E-state index is 13.2. The number of phenols is 1. The summed E-state index contributed by atoms with van der Waals surface area (Å²) >= 11 is 0. The predicted octanol–water partition coefficient (Wildman–Crippen LogP) is 2.41. The van der Waals surface area contributed by atoms with Gasteiger partial charge in [-0.1, -0.05) is 47.5 Å². The number of phenolic OH excluding ortho intramolecular Hbond substituents is 1. The van der Waals surface area contributed by atoms with Gasteiger partial charge in [0.15, 0.2) is 0 Å². The van der Waals surface area contributed by atoms with E-state index in [-0.39, 0.29) is 17.5 Å². The Morgan fingerprint density at radius 2 is 1.72 bits per heavy atom. The summed E-state index contributed by atoms with van der Waals surface area (Å²) in [6.07, 6.45) is 0. The lowest BCUT2D eigenvalue weighted by Gasteiger charge is -2.12. The van der Waals surface area contributed by atoms with Crippen LogP contribution in [0.4, 0.5) is 0 Å². The highest BCUT2D eigenvalue weighted by molar-refractivity contribution is 6.00. The van der Waals surface area contributed by atoms with Crippen molar-refractivity contribution in [2.24, 2.45) is 5.73 Å². The van der Waals surface area contributed by atoms with Crippen LogP contribution in [0.3, 0.4) is 0 Å². The van der Waals surface area contributed by atoms with Crippen LogP contribution in [-0.2, 0) is 13.1 Å². The van der Waals surface area contributed by atoms with E-state index < -0.39 is 0 Å². The number of nitrogens with zero attached hydrogens (tertiary/aromatic N) is 1. The highest BCUT2D eigenvalue weighted by atomic mass is 16.3. The number of rotatable bonds is 6. The van der Waals surface area contributed by atoms with Crippen molar-refractivity contribution in [1.82, 2.24) is 9.88 Å². The molecule has 1 heterocycles.